The van der Waals surface area contributed by atoms with Gasteiger partial charge in [-0.15, -0.1) is 0 Å². The number of carboxylic acid groups (broad SMARTS) is 1. The monoisotopic (exact) mass is 221 g/mol. The van der Waals surface area contributed by atoms with Gasteiger partial charge >= 0.3 is 6.09 Å². The molecule has 5 heteroatoms. The average molecular weight is 221 g/mol. The van der Waals surface area contributed by atoms with Crippen molar-refractivity contribution in [1.82, 2.24) is 14.8 Å². The molecule has 0 radical (unpaired) electrons. The first-order chi connectivity index (χ1) is 7.75. The topological polar surface area (TPSA) is 56.7 Å². The van der Waals surface area contributed by atoms with Crippen molar-refractivity contribution in [3.8, 4) is 0 Å². The van der Waals surface area contributed by atoms with Crippen LogP contribution in [0.3, 0.4) is 0 Å². The lowest BCUT2D eigenvalue weighted by molar-refractivity contribution is 0.103. The van der Waals surface area contributed by atoms with Gasteiger partial charge in [0.25, 0.3) is 0 Å². The Balaban J connectivity index is 1.84. The van der Waals surface area contributed by atoms with Gasteiger partial charge in [0.1, 0.15) is 0 Å². The molecule has 2 heterocycles. The molecule has 16 heavy (non-hydrogen) atoms. The SMILES string of the molecule is O=C(O)N1CCN(Cc2cccnc2)CC1. The predicted octanol–water partition coefficient (Wildman–Crippen LogP) is 0.877. The molecule has 1 aromatic rings. The van der Waals surface area contributed by atoms with Crippen LogP contribution in [0.15, 0.2) is 24.5 Å². The third kappa shape index (κ3) is 2.70. The van der Waals surface area contributed by atoms with Gasteiger partial charge in [0.15, 0.2) is 0 Å². The van der Waals surface area contributed by atoms with Crippen LogP contribution in [0.1, 0.15) is 5.56 Å². The molecular weight excluding hydrogens is 206 g/mol. The molecule has 0 aromatic carbocycles. The molecule has 0 unspecified atom stereocenters. The van der Waals surface area contributed by atoms with Gasteiger partial charge in [-0.1, -0.05) is 6.07 Å². The normalized spacial score (nSPS) is 17.4. The van der Waals surface area contributed by atoms with Gasteiger partial charge in [-0.2, -0.15) is 0 Å². The molecular formula is C11H15N3O2. The predicted molar refractivity (Wildman–Crippen MR) is 59.1 cm³/mol. The summed E-state index contributed by atoms with van der Waals surface area (Å²) in [6, 6.07) is 3.96. The lowest BCUT2D eigenvalue weighted by Gasteiger charge is -2.32. The Morgan fingerprint density at radius 1 is 1.38 bits per heavy atom. The summed E-state index contributed by atoms with van der Waals surface area (Å²) in [7, 11) is 0. The summed E-state index contributed by atoms with van der Waals surface area (Å²) in [6.45, 7) is 3.62. The summed E-state index contributed by atoms with van der Waals surface area (Å²) >= 11 is 0. The Morgan fingerprint density at radius 2 is 2.12 bits per heavy atom. The van der Waals surface area contributed by atoms with E-state index < -0.39 is 6.09 Å². The molecule has 86 valence electrons. The van der Waals surface area contributed by atoms with Gasteiger partial charge in [-0.25, -0.2) is 4.79 Å². The molecule has 0 spiro atoms. The fraction of sp³-hybridized carbons (Fsp3) is 0.455. The van der Waals surface area contributed by atoms with E-state index in [1.54, 1.807) is 6.20 Å². The smallest absolute Gasteiger partial charge is 0.407 e. The molecule has 1 saturated heterocycles. The molecule has 1 N–H and O–H groups in total. The Labute approximate surface area is 94.3 Å². The van der Waals surface area contributed by atoms with E-state index in [1.807, 2.05) is 18.3 Å². The van der Waals surface area contributed by atoms with E-state index in [9.17, 15) is 4.79 Å². The highest BCUT2D eigenvalue weighted by molar-refractivity contribution is 5.65. The van der Waals surface area contributed by atoms with Crippen molar-refractivity contribution in [2.45, 2.75) is 6.54 Å². The summed E-state index contributed by atoms with van der Waals surface area (Å²) in [5.41, 5.74) is 1.17. The lowest BCUT2D eigenvalue weighted by Crippen LogP contribution is -2.47. The molecule has 0 saturated carbocycles. The first kappa shape index (κ1) is 10.9. The van der Waals surface area contributed by atoms with Crippen LogP contribution in [0, 0.1) is 0 Å². The van der Waals surface area contributed by atoms with Crippen LogP contribution in [0.4, 0.5) is 4.79 Å². The summed E-state index contributed by atoms with van der Waals surface area (Å²) < 4.78 is 0. The minimum atomic E-state index is -0.818. The highest BCUT2D eigenvalue weighted by atomic mass is 16.4. The van der Waals surface area contributed by atoms with Gasteiger partial charge in [-0.3, -0.25) is 9.88 Å². The van der Waals surface area contributed by atoms with Crippen LogP contribution in [0.2, 0.25) is 0 Å². The summed E-state index contributed by atoms with van der Waals surface area (Å²) in [6.07, 6.45) is 2.79. The third-order valence-corrected chi connectivity index (χ3v) is 2.77. The van der Waals surface area contributed by atoms with Crippen molar-refractivity contribution in [3.05, 3.63) is 30.1 Å². The van der Waals surface area contributed by atoms with Crippen LogP contribution in [0.25, 0.3) is 0 Å². The zero-order valence-electron chi connectivity index (χ0n) is 9.04. The van der Waals surface area contributed by atoms with E-state index in [-0.39, 0.29) is 0 Å². The van der Waals surface area contributed by atoms with Gasteiger partial charge < -0.3 is 10.0 Å². The van der Waals surface area contributed by atoms with Crippen LogP contribution >= 0.6 is 0 Å². The standard InChI is InChI=1S/C11H15N3O2/c15-11(16)14-6-4-13(5-7-14)9-10-2-1-3-12-8-10/h1-3,8H,4-7,9H2,(H,15,16). The largest absolute Gasteiger partial charge is 0.465 e. The molecule has 2 rings (SSSR count). The highest BCUT2D eigenvalue weighted by Crippen LogP contribution is 2.07. The number of aromatic nitrogens is 1. The first-order valence-corrected chi connectivity index (χ1v) is 5.35. The molecule has 0 atom stereocenters. The van der Waals surface area contributed by atoms with Crippen LogP contribution in [-0.2, 0) is 6.54 Å². The quantitative estimate of drug-likeness (QED) is 0.805. The van der Waals surface area contributed by atoms with E-state index in [0.717, 1.165) is 19.6 Å². The third-order valence-electron chi connectivity index (χ3n) is 2.77. The number of rotatable bonds is 2. The number of hydrogen-bond donors (Lipinski definition) is 1. The molecule has 1 fully saturated rings. The fourth-order valence-electron chi connectivity index (χ4n) is 1.85. The molecule has 0 bridgehead atoms. The fourth-order valence-corrected chi connectivity index (χ4v) is 1.85. The number of carbonyl (C=O) groups is 1. The Kier molecular flexibility index (Phi) is 3.36. The van der Waals surface area contributed by atoms with E-state index in [0.29, 0.717) is 13.1 Å². The molecule has 5 nitrogen and oxygen atoms in total. The maximum atomic E-state index is 10.7. The van der Waals surface area contributed by atoms with Crippen molar-refractivity contribution >= 4 is 6.09 Å². The Hall–Kier alpha value is -1.62. The van der Waals surface area contributed by atoms with Crippen LogP contribution in [-0.4, -0.2) is 52.2 Å². The zero-order chi connectivity index (χ0) is 11.4. The highest BCUT2D eigenvalue weighted by Gasteiger charge is 2.19. The minimum absolute atomic E-state index is 0.593. The van der Waals surface area contributed by atoms with Crippen molar-refractivity contribution in [1.29, 1.82) is 0 Å². The molecule has 1 aliphatic heterocycles. The second-order valence-electron chi connectivity index (χ2n) is 3.91. The molecule has 1 amide bonds. The van der Waals surface area contributed by atoms with Crippen molar-refractivity contribution in [2.24, 2.45) is 0 Å². The maximum Gasteiger partial charge on any atom is 0.407 e. The number of hydrogen-bond acceptors (Lipinski definition) is 3. The molecule has 1 aromatic heterocycles. The number of nitrogens with zero attached hydrogens (tertiary/aromatic N) is 3. The minimum Gasteiger partial charge on any atom is -0.465 e. The number of pyridine rings is 1. The second-order valence-corrected chi connectivity index (χ2v) is 3.91. The molecule has 0 aliphatic carbocycles. The summed E-state index contributed by atoms with van der Waals surface area (Å²) in [5, 5.41) is 8.81. The van der Waals surface area contributed by atoms with E-state index in [2.05, 4.69) is 9.88 Å². The maximum absolute atomic E-state index is 10.7. The number of amides is 1. The molecule has 1 aliphatic rings. The Bertz CT molecular complexity index is 348. The van der Waals surface area contributed by atoms with E-state index in [1.165, 1.54) is 10.5 Å². The van der Waals surface area contributed by atoms with E-state index >= 15 is 0 Å². The summed E-state index contributed by atoms with van der Waals surface area (Å²) in [4.78, 5) is 18.5. The van der Waals surface area contributed by atoms with Crippen molar-refractivity contribution < 1.29 is 9.90 Å². The zero-order valence-corrected chi connectivity index (χ0v) is 9.04. The van der Waals surface area contributed by atoms with Crippen LogP contribution in [0.5, 0.6) is 0 Å². The van der Waals surface area contributed by atoms with Gasteiger partial charge in [0, 0.05) is 45.1 Å². The van der Waals surface area contributed by atoms with Gasteiger partial charge in [0.2, 0.25) is 0 Å². The van der Waals surface area contributed by atoms with Gasteiger partial charge in [-0.05, 0) is 11.6 Å². The first-order valence-electron chi connectivity index (χ1n) is 5.35. The second kappa shape index (κ2) is 4.94. The van der Waals surface area contributed by atoms with Crippen LogP contribution < -0.4 is 0 Å². The van der Waals surface area contributed by atoms with E-state index in [4.69, 9.17) is 5.11 Å². The summed E-state index contributed by atoms with van der Waals surface area (Å²) in [5.74, 6) is 0. The Morgan fingerprint density at radius 3 is 2.69 bits per heavy atom. The lowest BCUT2D eigenvalue weighted by atomic mass is 10.2. The number of piperazine rings is 1. The van der Waals surface area contributed by atoms with Crippen molar-refractivity contribution in [2.75, 3.05) is 26.2 Å². The van der Waals surface area contributed by atoms with Gasteiger partial charge in [0.05, 0.1) is 0 Å². The van der Waals surface area contributed by atoms with Crippen molar-refractivity contribution in [3.63, 3.8) is 0 Å². The average Bonchev–Trinajstić information content (AvgIpc) is 2.31.